The number of anilines is 1. The first kappa shape index (κ1) is 15.9. The van der Waals surface area contributed by atoms with Crippen LogP contribution >= 0.6 is 0 Å². The maximum atomic E-state index is 12.5. The number of benzene rings is 1. The Morgan fingerprint density at radius 2 is 1.79 bits per heavy atom. The molecule has 130 valence electrons. The van der Waals surface area contributed by atoms with Gasteiger partial charge in [-0.05, 0) is 56.6 Å². The molecule has 4 nitrogen and oxygen atoms in total. The van der Waals surface area contributed by atoms with Crippen LogP contribution in [0.15, 0.2) is 24.3 Å². The molecule has 4 rings (SSSR count). The van der Waals surface area contributed by atoms with Crippen molar-refractivity contribution in [2.75, 3.05) is 5.32 Å². The monoisotopic (exact) mass is 327 g/mol. The topological polar surface area (TPSA) is 44.4 Å². The number of amides is 2. The van der Waals surface area contributed by atoms with Gasteiger partial charge in [-0.3, -0.25) is 4.90 Å². The van der Waals surface area contributed by atoms with E-state index in [4.69, 9.17) is 0 Å². The average Bonchev–Trinajstić information content (AvgIpc) is 3.39. The van der Waals surface area contributed by atoms with Gasteiger partial charge in [0.05, 0.1) is 0 Å². The number of hydrogen-bond donors (Lipinski definition) is 2. The maximum Gasteiger partial charge on any atom is 0.319 e. The Balaban J connectivity index is 1.36. The van der Waals surface area contributed by atoms with Gasteiger partial charge in [-0.25, -0.2) is 4.79 Å². The molecule has 0 spiro atoms. The molecule has 2 amide bonds. The molecule has 1 aromatic rings. The summed E-state index contributed by atoms with van der Waals surface area (Å²) in [7, 11) is 0. The van der Waals surface area contributed by atoms with Crippen LogP contribution in [-0.4, -0.2) is 35.1 Å². The van der Waals surface area contributed by atoms with Crippen LogP contribution in [0.1, 0.15) is 57.4 Å². The van der Waals surface area contributed by atoms with Crippen molar-refractivity contribution >= 4 is 11.7 Å². The van der Waals surface area contributed by atoms with E-state index in [1.807, 2.05) is 18.2 Å². The zero-order valence-electron chi connectivity index (χ0n) is 14.6. The van der Waals surface area contributed by atoms with E-state index in [1.165, 1.54) is 37.7 Å². The molecule has 2 atom stereocenters. The number of aryl methyl sites for hydroxylation is 1. The van der Waals surface area contributed by atoms with E-state index in [0.29, 0.717) is 18.1 Å². The average molecular weight is 327 g/mol. The highest BCUT2D eigenvalue weighted by molar-refractivity contribution is 5.90. The molecule has 24 heavy (non-hydrogen) atoms. The van der Waals surface area contributed by atoms with E-state index in [2.05, 4.69) is 28.5 Å². The number of carbonyl (C=O) groups excluding carboxylic acids is 1. The van der Waals surface area contributed by atoms with Gasteiger partial charge in [-0.2, -0.15) is 0 Å². The zero-order chi connectivity index (χ0) is 16.5. The molecule has 3 fully saturated rings. The van der Waals surface area contributed by atoms with E-state index >= 15 is 0 Å². The lowest BCUT2D eigenvalue weighted by molar-refractivity contribution is 0.0198. The fourth-order valence-corrected chi connectivity index (χ4v) is 4.80. The van der Waals surface area contributed by atoms with Crippen LogP contribution in [0, 0.1) is 0 Å². The SMILES string of the molecule is CCc1ccccc1NC(=O)NC1CC2CCCC(C1)N2C1CC1. The summed E-state index contributed by atoms with van der Waals surface area (Å²) in [5, 5.41) is 6.31. The van der Waals surface area contributed by atoms with E-state index < -0.39 is 0 Å². The fraction of sp³-hybridized carbons (Fsp3) is 0.650. The zero-order valence-corrected chi connectivity index (χ0v) is 14.6. The molecule has 1 aromatic carbocycles. The van der Waals surface area contributed by atoms with Gasteiger partial charge in [-0.1, -0.05) is 31.5 Å². The largest absolute Gasteiger partial charge is 0.335 e. The number of rotatable bonds is 4. The van der Waals surface area contributed by atoms with Gasteiger partial charge in [0.25, 0.3) is 0 Å². The Morgan fingerprint density at radius 1 is 1.08 bits per heavy atom. The Labute approximate surface area is 145 Å². The number of piperidine rings is 2. The predicted octanol–water partition coefficient (Wildman–Crippen LogP) is 3.92. The first-order valence-corrected chi connectivity index (χ1v) is 9.67. The van der Waals surface area contributed by atoms with Gasteiger partial charge >= 0.3 is 6.03 Å². The van der Waals surface area contributed by atoms with E-state index in [1.54, 1.807) is 0 Å². The van der Waals surface area contributed by atoms with Gasteiger partial charge in [0.1, 0.15) is 0 Å². The summed E-state index contributed by atoms with van der Waals surface area (Å²) in [5.41, 5.74) is 2.13. The number of urea groups is 1. The molecule has 2 saturated heterocycles. The van der Waals surface area contributed by atoms with E-state index in [-0.39, 0.29) is 6.03 Å². The molecule has 2 bridgehead atoms. The Morgan fingerprint density at radius 3 is 2.46 bits per heavy atom. The number of para-hydroxylation sites is 1. The van der Waals surface area contributed by atoms with E-state index in [0.717, 1.165) is 31.0 Å². The first-order valence-electron chi connectivity index (χ1n) is 9.67. The Hall–Kier alpha value is -1.55. The van der Waals surface area contributed by atoms with Crippen molar-refractivity contribution in [2.24, 2.45) is 0 Å². The molecule has 2 N–H and O–H groups in total. The van der Waals surface area contributed by atoms with Gasteiger partial charge in [-0.15, -0.1) is 0 Å². The standard InChI is InChI=1S/C20H29N3O/c1-2-14-6-3-4-9-19(14)22-20(24)21-15-12-17-7-5-8-18(13-15)23(17)16-10-11-16/h3-4,6,9,15-18H,2,5,7-8,10-13H2,1H3,(H2,21,22,24). The fourth-order valence-electron chi connectivity index (χ4n) is 4.80. The van der Waals surface area contributed by atoms with Gasteiger partial charge in [0.2, 0.25) is 0 Å². The summed E-state index contributed by atoms with van der Waals surface area (Å²) >= 11 is 0. The third-order valence-electron chi connectivity index (χ3n) is 5.98. The van der Waals surface area contributed by atoms with Gasteiger partial charge in [0.15, 0.2) is 0 Å². The molecule has 4 heteroatoms. The number of hydrogen-bond acceptors (Lipinski definition) is 2. The third-order valence-corrected chi connectivity index (χ3v) is 5.98. The van der Waals surface area contributed by atoms with Crippen molar-refractivity contribution in [1.29, 1.82) is 0 Å². The van der Waals surface area contributed by atoms with Crippen molar-refractivity contribution in [2.45, 2.75) is 82.5 Å². The lowest BCUT2D eigenvalue weighted by Crippen LogP contribution is -2.58. The molecule has 2 aliphatic heterocycles. The van der Waals surface area contributed by atoms with Crippen molar-refractivity contribution in [1.82, 2.24) is 10.2 Å². The number of nitrogens with zero attached hydrogens (tertiary/aromatic N) is 1. The summed E-state index contributed by atoms with van der Waals surface area (Å²) in [6, 6.07) is 10.6. The summed E-state index contributed by atoms with van der Waals surface area (Å²) in [6.45, 7) is 2.12. The first-order chi connectivity index (χ1) is 11.7. The highest BCUT2D eigenvalue weighted by Crippen LogP contribution is 2.41. The smallest absolute Gasteiger partial charge is 0.319 e. The maximum absolute atomic E-state index is 12.5. The van der Waals surface area contributed by atoms with Crippen molar-refractivity contribution in [3.8, 4) is 0 Å². The van der Waals surface area contributed by atoms with Crippen LogP contribution in [-0.2, 0) is 6.42 Å². The highest BCUT2D eigenvalue weighted by Gasteiger charge is 2.45. The second-order valence-corrected chi connectivity index (χ2v) is 7.69. The predicted molar refractivity (Wildman–Crippen MR) is 97.3 cm³/mol. The minimum Gasteiger partial charge on any atom is -0.335 e. The lowest BCUT2D eigenvalue weighted by atomic mass is 9.81. The van der Waals surface area contributed by atoms with Crippen LogP contribution < -0.4 is 10.6 Å². The van der Waals surface area contributed by atoms with Crippen LogP contribution in [0.25, 0.3) is 0 Å². The minimum absolute atomic E-state index is 0.0427. The second-order valence-electron chi connectivity index (χ2n) is 7.69. The highest BCUT2D eigenvalue weighted by atomic mass is 16.2. The summed E-state index contributed by atoms with van der Waals surface area (Å²) in [4.78, 5) is 15.3. The third kappa shape index (κ3) is 3.30. The quantitative estimate of drug-likeness (QED) is 0.880. The molecule has 1 saturated carbocycles. The lowest BCUT2D eigenvalue weighted by Gasteiger charge is -2.49. The molecular formula is C20H29N3O. The van der Waals surface area contributed by atoms with E-state index in [9.17, 15) is 4.79 Å². The molecule has 2 unspecified atom stereocenters. The van der Waals surface area contributed by atoms with Gasteiger partial charge < -0.3 is 10.6 Å². The number of nitrogens with one attached hydrogen (secondary N) is 2. The van der Waals surface area contributed by atoms with Crippen LogP contribution in [0.2, 0.25) is 0 Å². The summed E-state index contributed by atoms with van der Waals surface area (Å²) in [6.07, 6.45) is 9.93. The minimum atomic E-state index is -0.0427. The van der Waals surface area contributed by atoms with Crippen molar-refractivity contribution in [3.63, 3.8) is 0 Å². The van der Waals surface area contributed by atoms with Crippen molar-refractivity contribution < 1.29 is 4.79 Å². The summed E-state index contributed by atoms with van der Waals surface area (Å²) in [5.74, 6) is 0. The molecule has 2 heterocycles. The van der Waals surface area contributed by atoms with Gasteiger partial charge in [0, 0.05) is 29.9 Å². The normalized spacial score (nSPS) is 30.0. The molecular weight excluding hydrogens is 298 g/mol. The molecule has 1 aliphatic carbocycles. The number of carbonyl (C=O) groups is 1. The Kier molecular flexibility index (Phi) is 4.49. The number of fused-ring (bicyclic) bond motifs is 2. The van der Waals surface area contributed by atoms with Crippen LogP contribution in [0.4, 0.5) is 10.5 Å². The van der Waals surface area contributed by atoms with Crippen LogP contribution in [0.3, 0.4) is 0 Å². The molecule has 3 aliphatic rings. The van der Waals surface area contributed by atoms with Crippen LogP contribution in [0.5, 0.6) is 0 Å². The second kappa shape index (κ2) is 6.75. The summed E-state index contributed by atoms with van der Waals surface area (Å²) < 4.78 is 0. The Bertz CT molecular complexity index is 584. The van der Waals surface area contributed by atoms with Crippen molar-refractivity contribution in [3.05, 3.63) is 29.8 Å². The molecule has 0 aromatic heterocycles. The molecule has 0 radical (unpaired) electrons.